The van der Waals surface area contributed by atoms with Gasteiger partial charge in [-0.1, -0.05) is 0 Å². The zero-order chi connectivity index (χ0) is 8.65. The predicted molar refractivity (Wildman–Crippen MR) is 33.3 cm³/mol. The first kappa shape index (κ1) is 8.17. The highest BCUT2D eigenvalue weighted by molar-refractivity contribution is 5.39. The van der Waals surface area contributed by atoms with Gasteiger partial charge >= 0.3 is 6.18 Å². The summed E-state index contributed by atoms with van der Waals surface area (Å²) >= 11 is 0. The molecule has 0 saturated carbocycles. The number of hydrogen-bond acceptors (Lipinski definition) is 0. The molecule has 11 heavy (non-hydrogen) atoms. The zero-order valence-electron chi connectivity index (χ0n) is 6.08. The van der Waals surface area contributed by atoms with Gasteiger partial charge in [0.05, 0.1) is 17.5 Å². The lowest BCUT2D eigenvalue weighted by Crippen LogP contribution is -2.13. The molecule has 0 saturated heterocycles. The van der Waals surface area contributed by atoms with Gasteiger partial charge in [-0.3, -0.25) is 5.32 Å². The van der Waals surface area contributed by atoms with E-state index in [4.69, 9.17) is 0 Å². The third kappa shape index (κ3) is 1.39. The van der Waals surface area contributed by atoms with Gasteiger partial charge in [-0.2, -0.15) is 13.2 Å². The van der Waals surface area contributed by atoms with E-state index in [1.165, 1.54) is 13.8 Å². The van der Waals surface area contributed by atoms with Crippen molar-refractivity contribution in [1.29, 1.82) is 0 Å². The third-order valence-electron chi connectivity index (χ3n) is 1.41. The summed E-state index contributed by atoms with van der Waals surface area (Å²) in [7, 11) is 0. The minimum absolute atomic E-state index is 0.00463. The van der Waals surface area contributed by atoms with Crippen LogP contribution in [-0.4, -0.2) is 6.18 Å². The van der Waals surface area contributed by atoms with Crippen LogP contribution in [0.3, 0.4) is 0 Å². The van der Waals surface area contributed by atoms with Crippen molar-refractivity contribution >= 4 is 0 Å². The summed E-state index contributed by atoms with van der Waals surface area (Å²) in [5.74, 6) is 0. The molecule has 0 aliphatic carbocycles. The fourth-order valence-corrected chi connectivity index (χ4v) is 0.969. The van der Waals surface area contributed by atoms with Crippen LogP contribution in [-0.2, 0) is 0 Å². The number of nitrogens with zero attached hydrogens (tertiary/aromatic N) is 1. The van der Waals surface area contributed by atoms with Gasteiger partial charge in [0.1, 0.15) is 0 Å². The molecule has 1 nitrogen and oxygen atoms in total. The molecular weight excluding hydrogens is 155 g/mol. The largest absolute Gasteiger partial charge is 0.418 e. The van der Waals surface area contributed by atoms with Gasteiger partial charge in [0.2, 0.25) is 0 Å². The number of alkyl halides is 3. The van der Waals surface area contributed by atoms with E-state index in [0.717, 1.165) is 0 Å². The molecule has 0 aromatic rings. The van der Waals surface area contributed by atoms with Crippen molar-refractivity contribution in [2.75, 3.05) is 0 Å². The van der Waals surface area contributed by atoms with Crippen LogP contribution in [0.15, 0.2) is 16.8 Å². The van der Waals surface area contributed by atoms with Gasteiger partial charge in [0, 0.05) is 0 Å². The highest BCUT2D eigenvalue weighted by Crippen LogP contribution is 2.35. The first-order valence-electron chi connectivity index (χ1n) is 3.01. The molecule has 0 bridgehead atoms. The maximum absolute atomic E-state index is 12.1. The topological polar surface area (TPSA) is 14.1 Å². The van der Waals surface area contributed by atoms with E-state index in [-0.39, 0.29) is 11.3 Å². The van der Waals surface area contributed by atoms with Crippen LogP contribution in [0, 0.1) is 6.20 Å². The Kier molecular flexibility index (Phi) is 1.70. The molecule has 0 amide bonds. The molecule has 0 spiro atoms. The van der Waals surface area contributed by atoms with Crippen molar-refractivity contribution in [2.45, 2.75) is 20.0 Å². The summed E-state index contributed by atoms with van der Waals surface area (Å²) in [6.45, 7) is 2.68. The summed E-state index contributed by atoms with van der Waals surface area (Å²) in [6, 6.07) is 0. The molecule has 0 atom stereocenters. The Hall–Kier alpha value is -0.930. The lowest BCUT2D eigenvalue weighted by atomic mass is 10.1. The molecule has 0 aromatic heterocycles. The van der Waals surface area contributed by atoms with Gasteiger partial charge in [0.15, 0.2) is 0 Å². The Balaban J connectivity index is 3.03. The van der Waals surface area contributed by atoms with Crippen LogP contribution < -0.4 is 5.32 Å². The molecule has 0 aromatic carbocycles. The van der Waals surface area contributed by atoms with Gasteiger partial charge in [-0.05, 0) is 19.4 Å². The first-order valence-corrected chi connectivity index (χ1v) is 3.01. The van der Waals surface area contributed by atoms with Gasteiger partial charge in [0.25, 0.3) is 0 Å². The molecule has 1 heterocycles. The van der Waals surface area contributed by atoms with E-state index in [1.54, 1.807) is 0 Å². The Morgan fingerprint density at radius 3 is 2.00 bits per heavy atom. The van der Waals surface area contributed by atoms with Crippen molar-refractivity contribution in [3.05, 3.63) is 23.0 Å². The third-order valence-corrected chi connectivity index (χ3v) is 1.41. The minimum atomic E-state index is -4.29. The van der Waals surface area contributed by atoms with Crippen LogP contribution >= 0.6 is 0 Å². The molecule has 4 heteroatoms. The number of halogens is 3. The van der Waals surface area contributed by atoms with Crippen LogP contribution in [0.4, 0.5) is 13.2 Å². The van der Waals surface area contributed by atoms with Gasteiger partial charge in [-0.25, -0.2) is 0 Å². The van der Waals surface area contributed by atoms with Crippen molar-refractivity contribution in [2.24, 2.45) is 0 Å². The maximum Gasteiger partial charge on any atom is 0.418 e. The van der Waals surface area contributed by atoms with Crippen LogP contribution in [0.1, 0.15) is 13.8 Å². The molecular formula is C7H6F3N. The molecule has 2 radical (unpaired) electrons. The molecule has 0 unspecified atom stereocenters. The summed E-state index contributed by atoms with van der Waals surface area (Å²) in [5.41, 5.74) is -0.595. The molecule has 1 rings (SSSR count). The number of allylic oxidation sites excluding steroid dienone is 3. The van der Waals surface area contributed by atoms with Crippen LogP contribution in [0.25, 0.3) is 0 Å². The maximum atomic E-state index is 12.1. The normalized spacial score (nSPS) is 18.5. The standard InChI is InChI=1S/C7H6F3N/c1-4-3-11-5(2)6(4)7(8,9)10/h1-2H3. The molecule has 1 aliphatic rings. The van der Waals surface area contributed by atoms with Gasteiger partial charge < -0.3 is 0 Å². The predicted octanol–water partition coefficient (Wildman–Crippen LogP) is 2.15. The fourth-order valence-electron chi connectivity index (χ4n) is 0.969. The van der Waals surface area contributed by atoms with E-state index < -0.39 is 11.7 Å². The summed E-state index contributed by atoms with van der Waals surface area (Å²) < 4.78 is 36.2. The SMILES string of the molecule is CC1=[C][N]C(C)=C1C(F)(F)F. The van der Waals surface area contributed by atoms with E-state index >= 15 is 0 Å². The Labute approximate surface area is 62.6 Å². The summed E-state index contributed by atoms with van der Waals surface area (Å²) in [6.07, 6.45) is -2.02. The lowest BCUT2D eigenvalue weighted by molar-refractivity contribution is -0.0898. The molecule has 0 N–H and O–H groups in total. The Morgan fingerprint density at radius 2 is 1.82 bits per heavy atom. The van der Waals surface area contributed by atoms with E-state index in [2.05, 4.69) is 11.5 Å². The van der Waals surface area contributed by atoms with Crippen LogP contribution in [0.2, 0.25) is 0 Å². The zero-order valence-corrected chi connectivity index (χ0v) is 6.08. The summed E-state index contributed by atoms with van der Waals surface area (Å²) in [5, 5.41) is 3.44. The quantitative estimate of drug-likeness (QED) is 0.516. The molecule has 1 aliphatic heterocycles. The van der Waals surface area contributed by atoms with Crippen molar-refractivity contribution in [1.82, 2.24) is 5.32 Å². The Bertz CT molecular complexity index is 235. The van der Waals surface area contributed by atoms with E-state index in [9.17, 15) is 13.2 Å². The van der Waals surface area contributed by atoms with E-state index in [1.807, 2.05) is 0 Å². The number of hydrogen-bond donors (Lipinski definition) is 0. The fraction of sp³-hybridized carbons (Fsp3) is 0.429. The first-order chi connectivity index (χ1) is 4.93. The highest BCUT2D eigenvalue weighted by atomic mass is 19.4. The van der Waals surface area contributed by atoms with Gasteiger partial charge in [-0.15, -0.1) is 0 Å². The Morgan fingerprint density at radius 1 is 1.27 bits per heavy atom. The summed E-state index contributed by atoms with van der Waals surface area (Å²) in [4.78, 5) is 0. The number of rotatable bonds is 0. The van der Waals surface area contributed by atoms with Crippen LogP contribution in [0.5, 0.6) is 0 Å². The van der Waals surface area contributed by atoms with Crippen molar-refractivity contribution < 1.29 is 13.2 Å². The lowest BCUT2D eigenvalue weighted by Gasteiger charge is -2.08. The average molecular weight is 161 g/mol. The molecule has 0 fully saturated rings. The van der Waals surface area contributed by atoms with E-state index in [0.29, 0.717) is 0 Å². The minimum Gasteiger partial charge on any atom is -0.251 e. The van der Waals surface area contributed by atoms with Crippen molar-refractivity contribution in [3.8, 4) is 0 Å². The highest BCUT2D eigenvalue weighted by Gasteiger charge is 2.38. The second-order valence-corrected chi connectivity index (χ2v) is 2.31. The second kappa shape index (κ2) is 2.29. The average Bonchev–Trinajstić information content (AvgIpc) is 2.08. The second-order valence-electron chi connectivity index (χ2n) is 2.31. The smallest absolute Gasteiger partial charge is 0.251 e. The monoisotopic (exact) mass is 161 g/mol. The molecule has 60 valence electrons. The van der Waals surface area contributed by atoms with Crippen molar-refractivity contribution in [3.63, 3.8) is 0 Å².